The fourth-order valence-electron chi connectivity index (χ4n) is 4.70. The fourth-order valence-corrected chi connectivity index (χ4v) is 5.68. The van der Waals surface area contributed by atoms with E-state index in [0.717, 1.165) is 57.7 Å². The number of thioether (sulfide) groups is 1. The molecule has 0 aromatic carbocycles. The number of rotatable bonds is 5. The van der Waals surface area contributed by atoms with E-state index in [9.17, 15) is 9.59 Å². The minimum absolute atomic E-state index is 0.133. The highest BCUT2D eigenvalue weighted by molar-refractivity contribution is 7.99. The highest BCUT2D eigenvalue weighted by Crippen LogP contribution is 2.29. The highest BCUT2D eigenvalue weighted by atomic mass is 35.5. The van der Waals surface area contributed by atoms with Crippen molar-refractivity contribution in [2.75, 3.05) is 43.4 Å². The summed E-state index contributed by atoms with van der Waals surface area (Å²) < 4.78 is 0. The molecule has 164 valence electrons. The lowest BCUT2D eigenvalue weighted by atomic mass is 10.0. The molecule has 3 aliphatic rings. The van der Waals surface area contributed by atoms with Gasteiger partial charge in [0.05, 0.1) is 5.75 Å². The lowest BCUT2D eigenvalue weighted by Gasteiger charge is -2.41. The molecule has 2 amide bonds. The van der Waals surface area contributed by atoms with Crippen molar-refractivity contribution in [1.82, 2.24) is 19.8 Å². The monoisotopic (exact) mass is 451 g/mol. The zero-order chi connectivity index (χ0) is 21.1. The summed E-state index contributed by atoms with van der Waals surface area (Å²) in [5.41, 5.74) is 0. The molecule has 1 atom stereocenters. The second kappa shape index (κ2) is 9.73. The first-order valence-corrected chi connectivity index (χ1v) is 12.4. The van der Waals surface area contributed by atoms with Gasteiger partial charge in [-0.05, 0) is 32.6 Å². The van der Waals surface area contributed by atoms with Crippen LogP contribution in [0.3, 0.4) is 0 Å². The van der Waals surface area contributed by atoms with Crippen molar-refractivity contribution in [3.05, 3.63) is 11.2 Å². The van der Waals surface area contributed by atoms with Gasteiger partial charge in [-0.25, -0.2) is 9.97 Å². The molecule has 0 spiro atoms. The Morgan fingerprint density at radius 3 is 2.53 bits per heavy atom. The maximum atomic E-state index is 12.8. The minimum Gasteiger partial charge on any atom is -0.353 e. The summed E-state index contributed by atoms with van der Waals surface area (Å²) >= 11 is 7.60. The van der Waals surface area contributed by atoms with Gasteiger partial charge >= 0.3 is 0 Å². The van der Waals surface area contributed by atoms with Gasteiger partial charge in [0.2, 0.25) is 11.8 Å². The molecule has 9 heteroatoms. The Bertz CT molecular complexity index is 783. The molecule has 3 fully saturated rings. The van der Waals surface area contributed by atoms with Crippen molar-refractivity contribution in [3.63, 3.8) is 0 Å². The SMILES string of the molecule is CC1CN(c2cc(Cl)nc(SCC(=O)N3CCCC3)n2)CCN1C(=O)C1CCCC1. The molecular weight excluding hydrogens is 422 g/mol. The van der Waals surface area contributed by atoms with Crippen LogP contribution in [0.1, 0.15) is 45.4 Å². The maximum absolute atomic E-state index is 12.8. The Morgan fingerprint density at radius 2 is 1.83 bits per heavy atom. The number of likely N-dealkylation sites (tertiary alicyclic amines) is 1. The average molecular weight is 452 g/mol. The molecule has 1 aromatic rings. The average Bonchev–Trinajstić information content (AvgIpc) is 3.45. The van der Waals surface area contributed by atoms with Gasteiger partial charge in [-0.3, -0.25) is 9.59 Å². The Kier molecular flexibility index (Phi) is 7.03. The minimum atomic E-state index is 0.133. The van der Waals surface area contributed by atoms with Gasteiger partial charge in [0.15, 0.2) is 5.16 Å². The van der Waals surface area contributed by atoms with Crippen molar-refractivity contribution >= 4 is 41.0 Å². The van der Waals surface area contributed by atoms with E-state index in [2.05, 4.69) is 21.8 Å². The molecule has 2 aliphatic heterocycles. The Balaban J connectivity index is 1.37. The maximum Gasteiger partial charge on any atom is 0.233 e. The van der Waals surface area contributed by atoms with Crippen LogP contribution in [-0.4, -0.2) is 76.1 Å². The molecule has 1 aromatic heterocycles. The molecule has 1 saturated carbocycles. The van der Waals surface area contributed by atoms with Crippen molar-refractivity contribution < 1.29 is 9.59 Å². The van der Waals surface area contributed by atoms with E-state index in [-0.39, 0.29) is 17.9 Å². The van der Waals surface area contributed by atoms with Gasteiger partial charge in [-0.2, -0.15) is 0 Å². The van der Waals surface area contributed by atoms with Crippen molar-refractivity contribution in [2.45, 2.75) is 56.6 Å². The quantitative estimate of drug-likeness (QED) is 0.389. The summed E-state index contributed by atoms with van der Waals surface area (Å²) in [5.74, 6) is 1.77. The van der Waals surface area contributed by atoms with Crippen LogP contribution in [0.25, 0.3) is 0 Å². The summed E-state index contributed by atoms with van der Waals surface area (Å²) in [6, 6.07) is 1.91. The largest absolute Gasteiger partial charge is 0.353 e. The zero-order valence-corrected chi connectivity index (χ0v) is 19.1. The van der Waals surface area contributed by atoms with E-state index in [4.69, 9.17) is 11.6 Å². The normalized spacial score (nSPS) is 22.7. The van der Waals surface area contributed by atoms with Crippen molar-refractivity contribution in [3.8, 4) is 0 Å². The molecule has 1 unspecified atom stereocenters. The number of halogens is 1. The zero-order valence-electron chi connectivity index (χ0n) is 17.6. The Labute approximate surface area is 187 Å². The van der Waals surface area contributed by atoms with Gasteiger partial charge in [0.25, 0.3) is 0 Å². The summed E-state index contributed by atoms with van der Waals surface area (Å²) in [4.78, 5) is 40.2. The molecule has 2 saturated heterocycles. The van der Waals surface area contributed by atoms with Gasteiger partial charge < -0.3 is 14.7 Å². The van der Waals surface area contributed by atoms with Gasteiger partial charge in [-0.15, -0.1) is 0 Å². The number of hydrogen-bond donors (Lipinski definition) is 0. The van der Waals surface area contributed by atoms with Crippen LogP contribution in [0.15, 0.2) is 11.2 Å². The van der Waals surface area contributed by atoms with E-state index in [0.29, 0.717) is 28.5 Å². The lowest BCUT2D eigenvalue weighted by molar-refractivity contribution is -0.137. The molecule has 3 heterocycles. The van der Waals surface area contributed by atoms with Gasteiger partial charge in [0, 0.05) is 50.7 Å². The van der Waals surface area contributed by atoms with Crippen LogP contribution in [0, 0.1) is 5.92 Å². The third-order valence-corrected chi connectivity index (χ3v) is 7.41. The first kappa shape index (κ1) is 21.7. The first-order valence-electron chi connectivity index (χ1n) is 11.0. The second-order valence-corrected chi connectivity index (χ2v) is 9.85. The van der Waals surface area contributed by atoms with E-state index in [1.54, 1.807) is 6.07 Å². The van der Waals surface area contributed by atoms with Gasteiger partial charge in [-0.1, -0.05) is 36.2 Å². The van der Waals surface area contributed by atoms with E-state index in [1.807, 2.05) is 9.80 Å². The number of aromatic nitrogens is 2. The Morgan fingerprint density at radius 1 is 1.10 bits per heavy atom. The van der Waals surface area contributed by atoms with E-state index >= 15 is 0 Å². The van der Waals surface area contributed by atoms with Crippen LogP contribution in [0.4, 0.5) is 5.82 Å². The molecule has 0 N–H and O–H groups in total. The van der Waals surface area contributed by atoms with Crippen LogP contribution < -0.4 is 4.90 Å². The van der Waals surface area contributed by atoms with Crippen LogP contribution in [0.2, 0.25) is 5.15 Å². The van der Waals surface area contributed by atoms with Crippen molar-refractivity contribution in [1.29, 1.82) is 0 Å². The third kappa shape index (κ3) is 5.02. The number of nitrogens with zero attached hydrogens (tertiary/aromatic N) is 5. The van der Waals surface area contributed by atoms with E-state index in [1.165, 1.54) is 24.6 Å². The van der Waals surface area contributed by atoms with Crippen molar-refractivity contribution in [2.24, 2.45) is 5.92 Å². The predicted molar refractivity (Wildman–Crippen MR) is 119 cm³/mol. The number of carbonyl (C=O) groups is 2. The Hall–Kier alpha value is -1.54. The second-order valence-electron chi connectivity index (χ2n) is 8.52. The number of piperazine rings is 1. The molecule has 4 rings (SSSR count). The number of amides is 2. The fraction of sp³-hybridized carbons (Fsp3) is 0.714. The summed E-state index contributed by atoms with van der Waals surface area (Å²) in [6.45, 7) is 5.96. The first-order chi connectivity index (χ1) is 14.5. The highest BCUT2D eigenvalue weighted by Gasteiger charge is 2.33. The smallest absolute Gasteiger partial charge is 0.233 e. The molecule has 1 aliphatic carbocycles. The molecule has 0 radical (unpaired) electrons. The molecule has 30 heavy (non-hydrogen) atoms. The molecule has 7 nitrogen and oxygen atoms in total. The predicted octanol–water partition coefficient (Wildman–Crippen LogP) is 3.07. The number of carbonyl (C=O) groups excluding carboxylic acids is 2. The van der Waals surface area contributed by atoms with E-state index < -0.39 is 0 Å². The number of hydrogen-bond acceptors (Lipinski definition) is 6. The summed E-state index contributed by atoms with van der Waals surface area (Å²) in [6.07, 6.45) is 6.58. The summed E-state index contributed by atoms with van der Waals surface area (Å²) in [7, 11) is 0. The third-order valence-electron chi connectivity index (χ3n) is 6.38. The van der Waals surface area contributed by atoms with Crippen LogP contribution in [0.5, 0.6) is 0 Å². The summed E-state index contributed by atoms with van der Waals surface area (Å²) in [5, 5.41) is 0.912. The van der Waals surface area contributed by atoms with Crippen LogP contribution in [-0.2, 0) is 9.59 Å². The topological polar surface area (TPSA) is 69.6 Å². The van der Waals surface area contributed by atoms with Gasteiger partial charge in [0.1, 0.15) is 11.0 Å². The number of anilines is 1. The molecule has 0 bridgehead atoms. The molecular formula is C21H30ClN5O2S. The standard InChI is InChI=1S/C21H30ClN5O2S/c1-15-13-26(10-11-27(15)20(29)16-6-2-3-7-16)18-12-17(22)23-21(24-18)30-14-19(28)25-8-4-5-9-25/h12,15-16H,2-11,13-14H2,1H3. The lowest BCUT2D eigenvalue weighted by Crippen LogP contribution is -2.55. The van der Waals surface area contributed by atoms with Crippen LogP contribution >= 0.6 is 23.4 Å².